The molecule has 1 amide bonds. The molecule has 3 N–H and O–H groups in total. The van der Waals surface area contributed by atoms with Crippen LogP contribution in [0.1, 0.15) is 12.8 Å². The van der Waals surface area contributed by atoms with Crippen LogP contribution < -0.4 is 5.73 Å². The molecule has 1 aliphatic heterocycles. The maximum atomic E-state index is 11.1. The van der Waals surface area contributed by atoms with E-state index < -0.39 is 0 Å². The number of rotatable bonds is 2. The lowest BCUT2D eigenvalue weighted by molar-refractivity contribution is -0.144. The molecule has 0 aromatic heterocycles. The minimum Gasteiger partial charge on any atom is -0.393 e. The van der Waals surface area contributed by atoms with Gasteiger partial charge in [-0.2, -0.15) is 0 Å². The van der Waals surface area contributed by atoms with E-state index in [0.717, 1.165) is 19.4 Å². The second-order valence-electron chi connectivity index (χ2n) is 3.84. The van der Waals surface area contributed by atoms with Gasteiger partial charge < -0.3 is 15.7 Å². The largest absolute Gasteiger partial charge is 0.393 e. The van der Waals surface area contributed by atoms with Crippen molar-refractivity contribution < 1.29 is 9.90 Å². The van der Waals surface area contributed by atoms with Crippen LogP contribution in [0.15, 0.2) is 0 Å². The zero-order valence-corrected chi connectivity index (χ0v) is 6.94. The first-order chi connectivity index (χ1) is 5.66. The van der Waals surface area contributed by atoms with Crippen molar-refractivity contribution in [2.75, 3.05) is 13.1 Å². The molecule has 12 heavy (non-hydrogen) atoms. The maximum absolute atomic E-state index is 11.1. The molecule has 0 radical (unpaired) electrons. The van der Waals surface area contributed by atoms with Gasteiger partial charge in [-0.05, 0) is 18.8 Å². The number of likely N-dealkylation sites (tertiary alicyclic amines) is 1. The van der Waals surface area contributed by atoms with Gasteiger partial charge in [0.15, 0.2) is 0 Å². The van der Waals surface area contributed by atoms with Crippen LogP contribution in [-0.4, -0.2) is 41.1 Å². The predicted octanol–water partition coefficient (Wildman–Crippen LogP) is -1.07. The molecule has 1 heterocycles. The summed E-state index contributed by atoms with van der Waals surface area (Å²) in [6.45, 7) is 1.50. The Labute approximate surface area is 71.3 Å². The van der Waals surface area contributed by atoms with Crippen LogP contribution in [-0.2, 0) is 4.79 Å². The van der Waals surface area contributed by atoms with Crippen molar-refractivity contribution in [2.45, 2.75) is 25.0 Å². The lowest BCUT2D eigenvalue weighted by Gasteiger charge is -2.42. The van der Waals surface area contributed by atoms with Crippen molar-refractivity contribution in [2.24, 2.45) is 11.7 Å². The molecule has 1 atom stereocenters. The maximum Gasteiger partial charge on any atom is 0.241 e. The summed E-state index contributed by atoms with van der Waals surface area (Å²) in [5, 5.41) is 9.01. The topological polar surface area (TPSA) is 66.6 Å². The van der Waals surface area contributed by atoms with Crippen molar-refractivity contribution in [1.82, 2.24) is 4.90 Å². The fourth-order valence-electron chi connectivity index (χ4n) is 1.85. The van der Waals surface area contributed by atoms with Gasteiger partial charge in [-0.1, -0.05) is 0 Å². The van der Waals surface area contributed by atoms with E-state index in [9.17, 15) is 4.79 Å². The number of nitrogens with two attached hydrogens (primary N) is 1. The van der Waals surface area contributed by atoms with E-state index >= 15 is 0 Å². The smallest absolute Gasteiger partial charge is 0.241 e. The van der Waals surface area contributed by atoms with Crippen LogP contribution in [0.5, 0.6) is 0 Å². The number of nitrogens with zero attached hydrogens (tertiary/aromatic N) is 1. The van der Waals surface area contributed by atoms with Gasteiger partial charge in [0.05, 0.1) is 6.10 Å². The monoisotopic (exact) mass is 170 g/mol. The highest BCUT2D eigenvalue weighted by Gasteiger charge is 2.37. The third-order valence-corrected chi connectivity index (χ3v) is 2.74. The molecule has 4 heteroatoms. The Balaban J connectivity index is 1.72. The highest BCUT2D eigenvalue weighted by molar-refractivity contribution is 5.87. The quantitative estimate of drug-likeness (QED) is 0.518. The fourth-order valence-corrected chi connectivity index (χ4v) is 1.85. The minimum absolute atomic E-state index is 0.0661. The lowest BCUT2D eigenvalue weighted by Crippen LogP contribution is -2.62. The molecule has 0 spiro atoms. The Morgan fingerprint density at radius 1 is 1.58 bits per heavy atom. The molecular weight excluding hydrogens is 156 g/mol. The summed E-state index contributed by atoms with van der Waals surface area (Å²) in [6.07, 6.45) is 1.57. The molecule has 68 valence electrons. The number of hydrogen-bond donors (Lipinski definition) is 2. The van der Waals surface area contributed by atoms with Crippen LogP contribution in [0.25, 0.3) is 0 Å². The van der Waals surface area contributed by atoms with E-state index in [4.69, 9.17) is 10.8 Å². The van der Waals surface area contributed by atoms with E-state index in [1.165, 1.54) is 0 Å². The van der Waals surface area contributed by atoms with Gasteiger partial charge in [0, 0.05) is 13.1 Å². The highest BCUT2D eigenvalue weighted by atomic mass is 16.3. The van der Waals surface area contributed by atoms with Crippen molar-refractivity contribution in [3.05, 3.63) is 0 Å². The highest BCUT2D eigenvalue weighted by Crippen LogP contribution is 2.29. The molecule has 0 aromatic carbocycles. The van der Waals surface area contributed by atoms with Gasteiger partial charge in [0.25, 0.3) is 0 Å². The van der Waals surface area contributed by atoms with Gasteiger partial charge in [-0.25, -0.2) is 0 Å². The van der Waals surface area contributed by atoms with Crippen molar-refractivity contribution in [1.29, 1.82) is 0 Å². The summed E-state index contributed by atoms with van der Waals surface area (Å²) in [5.74, 6) is 0.577. The van der Waals surface area contributed by atoms with Crippen LogP contribution >= 0.6 is 0 Å². The van der Waals surface area contributed by atoms with Gasteiger partial charge in [-0.15, -0.1) is 0 Å². The van der Waals surface area contributed by atoms with Crippen molar-refractivity contribution >= 4 is 5.91 Å². The Morgan fingerprint density at radius 3 is 2.67 bits per heavy atom. The molecule has 1 saturated carbocycles. The van der Waals surface area contributed by atoms with Gasteiger partial charge in [-0.3, -0.25) is 4.79 Å². The summed E-state index contributed by atoms with van der Waals surface area (Å²) < 4.78 is 0. The van der Waals surface area contributed by atoms with Crippen LogP contribution in [0.4, 0.5) is 0 Å². The van der Waals surface area contributed by atoms with E-state index in [1.54, 1.807) is 4.90 Å². The molecule has 4 nitrogen and oxygen atoms in total. The molecule has 1 saturated heterocycles. The number of carbonyl (C=O) groups is 1. The SMILES string of the molecule is NC1CN(CC2CC(O)C2)C1=O. The average Bonchev–Trinajstić information content (AvgIpc) is 2.00. The van der Waals surface area contributed by atoms with E-state index in [-0.39, 0.29) is 18.1 Å². The van der Waals surface area contributed by atoms with Crippen molar-refractivity contribution in [3.8, 4) is 0 Å². The number of aliphatic hydroxyl groups is 1. The Morgan fingerprint density at radius 2 is 2.25 bits per heavy atom. The average molecular weight is 170 g/mol. The first-order valence-electron chi connectivity index (χ1n) is 4.39. The number of amides is 1. The Bertz CT molecular complexity index is 201. The number of carbonyl (C=O) groups excluding carboxylic acids is 1. The zero-order chi connectivity index (χ0) is 8.72. The molecule has 0 bridgehead atoms. The normalized spacial score (nSPS) is 40.7. The number of hydrogen-bond acceptors (Lipinski definition) is 3. The van der Waals surface area contributed by atoms with Gasteiger partial charge in [0.1, 0.15) is 6.04 Å². The van der Waals surface area contributed by atoms with E-state index in [1.807, 2.05) is 0 Å². The second-order valence-corrected chi connectivity index (χ2v) is 3.84. The summed E-state index contributed by atoms with van der Waals surface area (Å²) >= 11 is 0. The number of β-lactam (4-membered cyclic amide) rings is 1. The molecule has 2 fully saturated rings. The molecule has 1 unspecified atom stereocenters. The van der Waals surface area contributed by atoms with Crippen LogP contribution in [0.3, 0.4) is 0 Å². The Kier molecular flexibility index (Phi) is 1.81. The first kappa shape index (κ1) is 8.01. The standard InChI is InChI=1S/C8H14N2O2/c9-7-4-10(8(7)12)3-5-1-6(11)2-5/h5-7,11H,1-4,9H2. The minimum atomic E-state index is -0.255. The third-order valence-electron chi connectivity index (χ3n) is 2.74. The lowest BCUT2D eigenvalue weighted by atomic mass is 9.81. The predicted molar refractivity (Wildman–Crippen MR) is 43.3 cm³/mol. The van der Waals surface area contributed by atoms with E-state index in [0.29, 0.717) is 12.5 Å². The van der Waals surface area contributed by atoms with Crippen LogP contribution in [0.2, 0.25) is 0 Å². The molecule has 0 aromatic rings. The molecular formula is C8H14N2O2. The Hall–Kier alpha value is -0.610. The fraction of sp³-hybridized carbons (Fsp3) is 0.875. The van der Waals surface area contributed by atoms with Gasteiger partial charge in [0.2, 0.25) is 5.91 Å². The number of aliphatic hydroxyl groups excluding tert-OH is 1. The first-order valence-corrected chi connectivity index (χ1v) is 4.39. The summed E-state index contributed by atoms with van der Waals surface area (Å²) in [7, 11) is 0. The summed E-state index contributed by atoms with van der Waals surface area (Å²) in [5.41, 5.74) is 5.43. The summed E-state index contributed by atoms with van der Waals surface area (Å²) in [6, 6.07) is -0.255. The molecule has 2 aliphatic rings. The van der Waals surface area contributed by atoms with E-state index in [2.05, 4.69) is 0 Å². The van der Waals surface area contributed by atoms with Crippen LogP contribution in [0, 0.1) is 5.92 Å². The molecule has 2 rings (SSSR count). The van der Waals surface area contributed by atoms with Gasteiger partial charge >= 0.3 is 0 Å². The zero-order valence-electron chi connectivity index (χ0n) is 6.94. The third kappa shape index (κ3) is 1.21. The summed E-state index contributed by atoms with van der Waals surface area (Å²) in [4.78, 5) is 12.8. The van der Waals surface area contributed by atoms with Crippen molar-refractivity contribution in [3.63, 3.8) is 0 Å². The molecule has 1 aliphatic carbocycles. The second kappa shape index (κ2) is 2.71.